The summed E-state index contributed by atoms with van der Waals surface area (Å²) in [6.45, 7) is 5.73. The van der Waals surface area contributed by atoms with Gasteiger partial charge in [-0.3, -0.25) is 10.6 Å². The van der Waals surface area contributed by atoms with Gasteiger partial charge in [0.25, 0.3) is 0 Å². The third kappa shape index (κ3) is 12.7. The van der Waals surface area contributed by atoms with Gasteiger partial charge in [-0.25, -0.2) is 23.9 Å². The lowest BCUT2D eigenvalue weighted by Gasteiger charge is -2.18. The minimum absolute atomic E-state index is 0.138. The normalized spacial score (nSPS) is 11.2. The molecule has 3 N–H and O–H groups in total. The molecule has 0 aliphatic heterocycles. The minimum Gasteiger partial charge on any atom is -0.444 e. The topological polar surface area (TPSA) is 130 Å². The number of hydrogen-bond acceptors (Lipinski definition) is 11. The van der Waals surface area contributed by atoms with Crippen LogP contribution in [-0.4, -0.2) is 66.1 Å². The maximum absolute atomic E-state index is 13.7. The Kier molecular flexibility index (Phi) is 13.5. The van der Waals surface area contributed by atoms with Crippen molar-refractivity contribution in [2.75, 3.05) is 38.9 Å². The maximum atomic E-state index is 13.7. The molecule has 0 bridgehead atoms. The first-order chi connectivity index (χ1) is 19.7. The molecule has 17 heteroatoms. The molecule has 0 aliphatic carbocycles. The van der Waals surface area contributed by atoms with Crippen molar-refractivity contribution < 1.29 is 37.2 Å². The van der Waals surface area contributed by atoms with Crippen LogP contribution < -0.4 is 16.0 Å². The van der Waals surface area contributed by atoms with E-state index in [2.05, 4.69) is 25.9 Å². The fraction of sp³-hybridized carbons (Fsp3) is 0.440. The smallest absolute Gasteiger partial charge is 0.413 e. The Morgan fingerprint density at radius 1 is 0.905 bits per heavy atom. The van der Waals surface area contributed by atoms with Gasteiger partial charge in [-0.1, -0.05) is 34.8 Å². The van der Waals surface area contributed by atoms with Crippen LogP contribution in [-0.2, 0) is 34.0 Å². The van der Waals surface area contributed by atoms with Crippen molar-refractivity contribution in [1.29, 1.82) is 0 Å². The number of carbonyl (C=O) groups is 2. The number of nitrogens with one attached hydrogen (secondary N) is 3. The van der Waals surface area contributed by atoms with Crippen molar-refractivity contribution in [2.24, 2.45) is 0 Å². The van der Waals surface area contributed by atoms with Gasteiger partial charge in [-0.2, -0.15) is 18.9 Å². The highest BCUT2D eigenvalue weighted by atomic mass is 32.1. The van der Waals surface area contributed by atoms with Crippen LogP contribution in [0.2, 0.25) is 0 Å². The van der Waals surface area contributed by atoms with E-state index in [9.17, 15) is 22.8 Å². The van der Waals surface area contributed by atoms with E-state index in [0.29, 0.717) is 5.56 Å². The Hall–Kier alpha value is -3.35. The molecule has 0 aliphatic rings. The number of hydrogen-bond donors (Lipinski definition) is 3. The van der Waals surface area contributed by atoms with Crippen LogP contribution in [0.5, 0.6) is 0 Å². The van der Waals surface area contributed by atoms with E-state index in [1.165, 1.54) is 36.5 Å². The standard InChI is InChI=1S/C14H16F2N4O2S.C11H18FN3O3S/c1-20(22-2)8-11-12(16)23-14(18-11)19-13(21)17-7-9-4-3-5-10(15)6-9;1-11(2,3)18-10(16)14-9-13-7(8(12)19-9)6-15(4)17-5/h3-6H,7-8H2,1-2H3,(H2,17,18,19,21);6H2,1-5H3,(H,13,14,16). The first-order valence-corrected chi connectivity index (χ1v) is 13.9. The number of urea groups is 1. The molecule has 0 unspecified atom stereocenters. The van der Waals surface area contributed by atoms with Gasteiger partial charge in [0.15, 0.2) is 10.3 Å². The summed E-state index contributed by atoms with van der Waals surface area (Å²) >= 11 is 1.48. The second-order valence-electron chi connectivity index (χ2n) is 9.48. The molecule has 3 rings (SSSR count). The second kappa shape index (κ2) is 16.3. The number of nitrogens with zero attached hydrogens (tertiary/aromatic N) is 4. The van der Waals surface area contributed by atoms with E-state index < -0.39 is 28.0 Å². The van der Waals surface area contributed by atoms with Gasteiger partial charge in [0, 0.05) is 20.6 Å². The van der Waals surface area contributed by atoms with Crippen LogP contribution in [0.1, 0.15) is 37.7 Å². The Morgan fingerprint density at radius 3 is 1.90 bits per heavy atom. The molecule has 3 amide bonds. The summed E-state index contributed by atoms with van der Waals surface area (Å²) in [5, 5.41) is 9.57. The highest BCUT2D eigenvalue weighted by Gasteiger charge is 2.19. The van der Waals surface area contributed by atoms with Crippen LogP contribution >= 0.6 is 22.7 Å². The lowest BCUT2D eigenvalue weighted by molar-refractivity contribution is -0.117. The summed E-state index contributed by atoms with van der Waals surface area (Å²) in [6.07, 6.45) is -0.659. The van der Waals surface area contributed by atoms with E-state index in [-0.39, 0.29) is 47.1 Å². The van der Waals surface area contributed by atoms with Gasteiger partial charge in [-0.05, 0) is 38.5 Å². The summed E-state index contributed by atoms with van der Waals surface area (Å²) in [7, 11) is 6.23. The fourth-order valence-electron chi connectivity index (χ4n) is 2.88. The van der Waals surface area contributed by atoms with Crippen LogP contribution in [0.3, 0.4) is 0 Å². The molecule has 0 fully saturated rings. The number of halogens is 3. The lowest BCUT2D eigenvalue weighted by Crippen LogP contribution is -2.28. The Morgan fingerprint density at radius 2 is 1.43 bits per heavy atom. The van der Waals surface area contributed by atoms with E-state index in [4.69, 9.17) is 14.4 Å². The van der Waals surface area contributed by atoms with Gasteiger partial charge >= 0.3 is 12.1 Å². The van der Waals surface area contributed by atoms with Crippen LogP contribution in [0.25, 0.3) is 0 Å². The molecule has 0 radical (unpaired) electrons. The average molecular weight is 634 g/mol. The maximum Gasteiger partial charge on any atom is 0.413 e. The van der Waals surface area contributed by atoms with Crippen molar-refractivity contribution in [3.05, 3.63) is 57.3 Å². The van der Waals surface area contributed by atoms with Gasteiger partial charge in [0.1, 0.15) is 22.8 Å². The number of benzene rings is 1. The molecule has 0 saturated heterocycles. The number of hydroxylamine groups is 4. The molecule has 3 aromatic rings. The van der Waals surface area contributed by atoms with Crippen molar-refractivity contribution in [2.45, 2.75) is 46.0 Å². The number of anilines is 2. The monoisotopic (exact) mass is 633 g/mol. The van der Waals surface area contributed by atoms with Gasteiger partial charge in [0.2, 0.25) is 10.3 Å². The highest BCUT2D eigenvalue weighted by molar-refractivity contribution is 7.14. The summed E-state index contributed by atoms with van der Waals surface area (Å²) in [4.78, 5) is 41.0. The molecular weight excluding hydrogens is 599 g/mol. The van der Waals surface area contributed by atoms with E-state index in [1.807, 2.05) is 0 Å². The van der Waals surface area contributed by atoms with Crippen LogP contribution in [0, 0.1) is 16.1 Å². The largest absolute Gasteiger partial charge is 0.444 e. The van der Waals surface area contributed by atoms with Crippen LogP contribution in [0.4, 0.5) is 33.0 Å². The lowest BCUT2D eigenvalue weighted by atomic mass is 10.2. The molecule has 2 aromatic heterocycles. The predicted octanol–water partition coefficient (Wildman–Crippen LogP) is 5.36. The zero-order chi connectivity index (χ0) is 31.4. The summed E-state index contributed by atoms with van der Waals surface area (Å²) in [5.41, 5.74) is 0.395. The molecule has 0 spiro atoms. The number of ether oxygens (including phenoxy) is 1. The SMILES string of the molecule is CON(C)Cc1nc(NC(=O)NCc2cccc(F)c2)sc1F.CON(C)Cc1nc(NC(=O)OC(C)(C)C)sc1F. The first kappa shape index (κ1) is 34.8. The minimum atomic E-state index is -0.659. The van der Waals surface area contributed by atoms with Gasteiger partial charge in [0.05, 0.1) is 27.3 Å². The quantitative estimate of drug-likeness (QED) is 0.253. The number of amides is 3. The van der Waals surface area contributed by atoms with E-state index >= 15 is 0 Å². The first-order valence-electron chi connectivity index (χ1n) is 12.3. The molecule has 232 valence electrons. The van der Waals surface area contributed by atoms with Gasteiger partial charge in [-0.15, -0.1) is 0 Å². The molecule has 42 heavy (non-hydrogen) atoms. The molecular formula is C25H34F3N7O5S2. The van der Waals surface area contributed by atoms with Crippen molar-refractivity contribution in [1.82, 2.24) is 25.4 Å². The Balaban J connectivity index is 0.000000299. The number of aromatic nitrogens is 2. The van der Waals surface area contributed by atoms with Crippen molar-refractivity contribution in [3.8, 4) is 0 Å². The third-order valence-electron chi connectivity index (χ3n) is 4.84. The molecule has 0 atom stereocenters. The second-order valence-corrected chi connectivity index (χ2v) is 11.4. The van der Waals surface area contributed by atoms with E-state index in [0.717, 1.165) is 22.7 Å². The van der Waals surface area contributed by atoms with E-state index in [1.54, 1.807) is 47.0 Å². The summed E-state index contributed by atoms with van der Waals surface area (Å²) in [5.74, 6) is -0.376. The van der Waals surface area contributed by atoms with Crippen molar-refractivity contribution >= 4 is 45.1 Å². The summed E-state index contributed by atoms with van der Waals surface area (Å²) in [6, 6.07) is 5.33. The number of thiazole rings is 2. The molecule has 0 saturated carbocycles. The third-order valence-corrected chi connectivity index (χ3v) is 6.44. The fourth-order valence-corrected chi connectivity index (χ4v) is 4.27. The zero-order valence-electron chi connectivity index (χ0n) is 24.2. The zero-order valence-corrected chi connectivity index (χ0v) is 25.8. The Bertz CT molecular complexity index is 1320. The predicted molar refractivity (Wildman–Crippen MR) is 153 cm³/mol. The molecule has 1 aromatic carbocycles. The molecule has 12 nitrogen and oxygen atoms in total. The molecule has 2 heterocycles. The number of rotatable bonds is 10. The average Bonchev–Trinajstić information content (AvgIpc) is 3.41. The highest BCUT2D eigenvalue weighted by Crippen LogP contribution is 2.23. The Labute approximate surface area is 249 Å². The summed E-state index contributed by atoms with van der Waals surface area (Å²) < 4.78 is 45.4. The van der Waals surface area contributed by atoms with Crippen LogP contribution in [0.15, 0.2) is 24.3 Å². The van der Waals surface area contributed by atoms with Crippen molar-refractivity contribution in [3.63, 3.8) is 0 Å². The number of carbonyl (C=O) groups excluding carboxylic acids is 2. The van der Waals surface area contributed by atoms with Gasteiger partial charge < -0.3 is 19.7 Å².